The van der Waals surface area contributed by atoms with Crippen molar-refractivity contribution in [3.63, 3.8) is 0 Å². The van der Waals surface area contributed by atoms with Gasteiger partial charge in [-0.05, 0) is 134 Å². The zero-order valence-electron chi connectivity index (χ0n) is 34.1. The number of fused-ring (bicyclic) bond motifs is 4. The highest BCUT2D eigenvalue weighted by molar-refractivity contribution is 6.18. The van der Waals surface area contributed by atoms with E-state index in [1.165, 1.54) is 77.1 Å². The Labute approximate surface area is 357 Å². The summed E-state index contributed by atoms with van der Waals surface area (Å²) in [6.45, 7) is 2.29. The van der Waals surface area contributed by atoms with Crippen molar-refractivity contribution in [1.29, 1.82) is 0 Å². The van der Waals surface area contributed by atoms with Gasteiger partial charge in [0.05, 0.1) is 11.0 Å². The van der Waals surface area contributed by atoms with E-state index in [4.69, 9.17) is 0 Å². The Morgan fingerprint density at radius 3 is 1.77 bits per heavy atom. The maximum Gasteiger partial charge on any atom is 0.0547 e. The Morgan fingerprint density at radius 1 is 0.443 bits per heavy atom. The molecular weight excluding hydrogens is 737 g/mol. The minimum Gasteiger partial charge on any atom is -0.310 e. The Kier molecular flexibility index (Phi) is 9.24. The largest absolute Gasteiger partial charge is 0.310 e. The van der Waals surface area contributed by atoms with Crippen LogP contribution in [-0.2, 0) is 0 Å². The van der Waals surface area contributed by atoms with E-state index in [1.54, 1.807) is 0 Å². The van der Waals surface area contributed by atoms with Crippen LogP contribution in [0.25, 0.3) is 77.2 Å². The molecule has 1 unspecified atom stereocenters. The highest BCUT2D eigenvalue weighted by Gasteiger charge is 2.20. The molecule has 2 heteroatoms. The maximum atomic E-state index is 2.42. The minimum atomic E-state index is 0.530. The third-order valence-electron chi connectivity index (χ3n) is 12.3. The number of aromatic nitrogens is 1. The molecule has 0 bridgehead atoms. The molecule has 0 saturated heterocycles. The summed E-state index contributed by atoms with van der Waals surface area (Å²) in [5, 5.41) is 4.97. The Bertz CT molecular complexity index is 3260. The molecule has 290 valence electrons. The van der Waals surface area contributed by atoms with Crippen molar-refractivity contribution in [2.75, 3.05) is 4.90 Å². The molecule has 0 spiro atoms. The van der Waals surface area contributed by atoms with E-state index in [-0.39, 0.29) is 0 Å². The van der Waals surface area contributed by atoms with Crippen LogP contribution >= 0.6 is 0 Å². The van der Waals surface area contributed by atoms with Crippen LogP contribution in [0, 0.1) is 5.92 Å². The number of benzene rings is 9. The number of anilines is 3. The van der Waals surface area contributed by atoms with Crippen molar-refractivity contribution in [3.05, 3.63) is 236 Å². The molecule has 9 aromatic carbocycles. The van der Waals surface area contributed by atoms with Crippen LogP contribution in [-0.4, -0.2) is 4.57 Å². The van der Waals surface area contributed by atoms with E-state index in [1.807, 2.05) is 0 Å². The lowest BCUT2D eigenvalue weighted by molar-refractivity contribution is 0.740. The fraction of sp³-hybridized carbons (Fsp3) is 0.0508. The van der Waals surface area contributed by atoms with Crippen molar-refractivity contribution < 1.29 is 0 Å². The molecule has 1 atom stereocenters. The summed E-state index contributed by atoms with van der Waals surface area (Å²) in [7, 11) is 0. The summed E-state index contributed by atoms with van der Waals surface area (Å²) in [6.07, 6.45) is 8.08. The molecular formula is C59H44N2. The summed E-state index contributed by atoms with van der Waals surface area (Å²) in [5.41, 5.74) is 16.6. The van der Waals surface area contributed by atoms with Gasteiger partial charge in [-0.1, -0.05) is 171 Å². The van der Waals surface area contributed by atoms with Gasteiger partial charge in [-0.15, -0.1) is 0 Å². The number of allylic oxidation sites excluding steroid dienone is 4. The fourth-order valence-electron chi connectivity index (χ4n) is 9.34. The Morgan fingerprint density at radius 2 is 1.03 bits per heavy atom. The summed E-state index contributed by atoms with van der Waals surface area (Å²) in [5.74, 6) is 0.530. The average molecular weight is 781 g/mol. The zero-order chi connectivity index (χ0) is 40.7. The lowest BCUT2D eigenvalue weighted by Gasteiger charge is -2.27. The number of para-hydroxylation sites is 1. The SMILES string of the molecule is CC1C=C(c2ccccc2-c2ccc(N(c3ccc(-c4ccccc4)cc3)c3cccc(-c4cccc5c4c4cc6ccccc6cc4n5-c4ccccc4)c3)cc2)C=CC1. The summed E-state index contributed by atoms with van der Waals surface area (Å²) in [4.78, 5) is 2.39. The predicted octanol–water partition coefficient (Wildman–Crippen LogP) is 16.4. The highest BCUT2D eigenvalue weighted by Crippen LogP contribution is 2.43. The predicted molar refractivity (Wildman–Crippen MR) is 260 cm³/mol. The van der Waals surface area contributed by atoms with Crippen LogP contribution < -0.4 is 4.90 Å². The second kappa shape index (κ2) is 15.5. The highest BCUT2D eigenvalue weighted by atomic mass is 15.1. The van der Waals surface area contributed by atoms with E-state index in [2.05, 4.69) is 247 Å². The zero-order valence-corrected chi connectivity index (χ0v) is 34.1. The molecule has 1 aromatic heterocycles. The quantitative estimate of drug-likeness (QED) is 0.149. The Balaban J connectivity index is 1.06. The summed E-state index contributed by atoms with van der Waals surface area (Å²) < 4.78 is 2.42. The first kappa shape index (κ1) is 36.4. The molecule has 0 fully saturated rings. The first-order chi connectivity index (χ1) is 30.2. The molecule has 0 saturated carbocycles. The average Bonchev–Trinajstić information content (AvgIpc) is 3.65. The lowest BCUT2D eigenvalue weighted by atomic mass is 9.89. The van der Waals surface area contributed by atoms with Crippen molar-refractivity contribution >= 4 is 55.2 Å². The normalized spacial score (nSPS) is 13.8. The van der Waals surface area contributed by atoms with Gasteiger partial charge < -0.3 is 9.47 Å². The number of hydrogen-bond acceptors (Lipinski definition) is 1. The molecule has 0 amide bonds. The molecule has 0 N–H and O–H groups in total. The van der Waals surface area contributed by atoms with Crippen molar-refractivity contribution in [2.45, 2.75) is 13.3 Å². The number of nitrogens with zero attached hydrogens (tertiary/aromatic N) is 2. The van der Waals surface area contributed by atoms with Crippen molar-refractivity contribution in [3.8, 4) is 39.1 Å². The van der Waals surface area contributed by atoms with Crippen LogP contribution in [0.5, 0.6) is 0 Å². The molecule has 2 nitrogen and oxygen atoms in total. The first-order valence-corrected chi connectivity index (χ1v) is 21.3. The van der Waals surface area contributed by atoms with E-state index < -0.39 is 0 Å². The van der Waals surface area contributed by atoms with Crippen LogP contribution in [0.4, 0.5) is 17.1 Å². The van der Waals surface area contributed by atoms with E-state index in [9.17, 15) is 0 Å². The minimum absolute atomic E-state index is 0.530. The van der Waals surface area contributed by atoms with Gasteiger partial charge in [0, 0.05) is 33.5 Å². The Hall–Kier alpha value is -7.68. The lowest BCUT2D eigenvalue weighted by Crippen LogP contribution is -2.10. The van der Waals surface area contributed by atoms with Crippen molar-refractivity contribution in [2.24, 2.45) is 5.92 Å². The summed E-state index contributed by atoms with van der Waals surface area (Å²) >= 11 is 0. The van der Waals surface area contributed by atoms with Crippen molar-refractivity contribution in [1.82, 2.24) is 4.57 Å². The van der Waals surface area contributed by atoms with E-state index in [0.717, 1.165) is 29.2 Å². The van der Waals surface area contributed by atoms with Gasteiger partial charge in [0.1, 0.15) is 0 Å². The van der Waals surface area contributed by atoms with Crippen LogP contribution in [0.3, 0.4) is 0 Å². The molecule has 11 rings (SSSR count). The summed E-state index contributed by atoms with van der Waals surface area (Å²) in [6, 6.07) is 77.5. The third kappa shape index (κ3) is 6.73. The smallest absolute Gasteiger partial charge is 0.0547 e. The van der Waals surface area contributed by atoms with Gasteiger partial charge in [0.2, 0.25) is 0 Å². The number of hydrogen-bond donors (Lipinski definition) is 0. The topological polar surface area (TPSA) is 8.17 Å². The van der Waals surface area contributed by atoms with E-state index in [0.29, 0.717) is 5.92 Å². The molecule has 10 aromatic rings. The van der Waals surface area contributed by atoms with Gasteiger partial charge in [0.15, 0.2) is 0 Å². The van der Waals surface area contributed by atoms with Gasteiger partial charge in [-0.25, -0.2) is 0 Å². The van der Waals surface area contributed by atoms with Gasteiger partial charge >= 0.3 is 0 Å². The fourth-order valence-corrected chi connectivity index (χ4v) is 9.34. The molecule has 0 aliphatic heterocycles. The van der Waals surface area contributed by atoms with Crippen LogP contribution in [0.2, 0.25) is 0 Å². The second-order valence-corrected chi connectivity index (χ2v) is 16.2. The van der Waals surface area contributed by atoms with Gasteiger partial charge in [-0.2, -0.15) is 0 Å². The molecule has 1 heterocycles. The second-order valence-electron chi connectivity index (χ2n) is 16.2. The standard InChI is InChI=1S/C59H44N2/c1-41-15-12-20-47(37-41)54-26-11-10-25-53(54)44-31-35-51(36-32-44)60(50-33-29-43(30-34-50)42-16-4-2-5-17-42)52-24-13-21-48(38-52)55-27-14-28-57-59(55)56-39-45-18-8-9-19-46(45)40-58(56)61(57)49-22-6-3-7-23-49/h2-14,16-41H,15H2,1H3. The van der Waals surface area contributed by atoms with Gasteiger partial charge in [-0.3, -0.25) is 0 Å². The molecule has 61 heavy (non-hydrogen) atoms. The van der Waals surface area contributed by atoms with Crippen LogP contribution in [0.15, 0.2) is 231 Å². The molecule has 0 radical (unpaired) electrons. The van der Waals surface area contributed by atoms with Gasteiger partial charge in [0.25, 0.3) is 0 Å². The first-order valence-electron chi connectivity index (χ1n) is 21.3. The van der Waals surface area contributed by atoms with E-state index >= 15 is 0 Å². The molecule has 1 aliphatic rings. The monoisotopic (exact) mass is 780 g/mol. The third-order valence-corrected chi connectivity index (χ3v) is 12.3. The van der Waals surface area contributed by atoms with Crippen LogP contribution in [0.1, 0.15) is 18.9 Å². The molecule has 1 aliphatic carbocycles. The number of rotatable bonds is 8. The maximum absolute atomic E-state index is 2.42.